The average molecular weight is 151 g/mol. The zero-order chi connectivity index (χ0) is 6.73. The first kappa shape index (κ1) is 8.17. The minimum atomic E-state index is -0.0864. The number of hydrogen-bond donors (Lipinski definition) is 2. The lowest BCUT2D eigenvalue weighted by Gasteiger charge is -2.08. The summed E-state index contributed by atoms with van der Waals surface area (Å²) in [7, 11) is 0. The first-order valence-corrected chi connectivity index (χ1v) is 3.07. The first-order valence-electron chi connectivity index (χ1n) is 2.27. The van der Waals surface area contributed by atoms with Crippen molar-refractivity contribution in [2.75, 3.05) is 0 Å². The molecule has 0 fully saturated rings. The quantitative estimate of drug-likeness (QED) is 0.539. The Balaban J connectivity index is 3.65. The molecule has 4 heteroatoms. The van der Waals surface area contributed by atoms with Crippen LogP contribution in [0.4, 0.5) is 0 Å². The van der Waals surface area contributed by atoms with E-state index in [0.29, 0.717) is 0 Å². The zero-order valence-electron chi connectivity index (χ0n) is 4.83. The summed E-state index contributed by atoms with van der Waals surface area (Å²) in [6.07, 6.45) is 0. The lowest BCUT2D eigenvalue weighted by Crippen LogP contribution is -2.17. The van der Waals surface area contributed by atoms with Crippen molar-refractivity contribution in [2.24, 2.45) is 5.92 Å². The van der Waals surface area contributed by atoms with Crippen molar-refractivity contribution < 1.29 is 4.79 Å². The summed E-state index contributed by atoms with van der Waals surface area (Å²) in [5.41, 5.74) is 0. The minimum absolute atomic E-state index is 0.0231. The Kier molecular flexibility index (Phi) is 3.31. The Hall–Kier alpha value is 0.170. The Morgan fingerprint density at radius 2 is 1.88 bits per heavy atom. The van der Waals surface area contributed by atoms with Crippen LogP contribution in [-0.4, -0.2) is 9.62 Å². The third kappa shape index (κ3) is 2.47. The highest BCUT2D eigenvalue weighted by atomic mass is 32.2. The molecule has 0 aliphatic rings. The molecule has 0 radical (unpaired) electrons. The van der Waals surface area contributed by atoms with Crippen LogP contribution in [-0.2, 0) is 4.79 Å². The van der Waals surface area contributed by atoms with Gasteiger partial charge in [-0.15, -0.1) is 0 Å². The number of amides is 1. The monoisotopic (exact) mass is 151 g/mol. The number of thiol groups is 2. The van der Waals surface area contributed by atoms with E-state index >= 15 is 0 Å². The van der Waals surface area contributed by atoms with Crippen LogP contribution in [0.5, 0.6) is 0 Å². The van der Waals surface area contributed by atoms with E-state index < -0.39 is 0 Å². The lowest BCUT2D eigenvalue weighted by molar-refractivity contribution is -0.125. The summed E-state index contributed by atoms with van der Waals surface area (Å²) in [6, 6.07) is 0. The molecule has 0 spiro atoms. The fraction of sp³-hybridized carbons (Fsp3) is 0.750. The Morgan fingerprint density at radius 3 is 1.88 bits per heavy atom. The molecule has 0 saturated heterocycles. The molecular weight excluding hydrogens is 142 g/mol. The van der Waals surface area contributed by atoms with Crippen molar-refractivity contribution >= 4 is 31.5 Å². The molecule has 0 saturated carbocycles. The number of hydrogen-bond acceptors (Lipinski definition) is 3. The van der Waals surface area contributed by atoms with Crippen molar-refractivity contribution in [1.82, 2.24) is 3.71 Å². The number of carbonyl (C=O) groups is 1. The number of nitrogens with zero attached hydrogens (tertiary/aromatic N) is 1. The van der Waals surface area contributed by atoms with E-state index in [0.717, 1.165) is 3.71 Å². The molecule has 0 rings (SSSR count). The SMILES string of the molecule is CC(C)C(=O)N(S)S. The van der Waals surface area contributed by atoms with E-state index in [4.69, 9.17) is 0 Å². The van der Waals surface area contributed by atoms with Crippen LogP contribution in [0.1, 0.15) is 13.8 Å². The summed E-state index contributed by atoms with van der Waals surface area (Å²) >= 11 is 7.36. The van der Waals surface area contributed by atoms with Crippen LogP contribution in [0.25, 0.3) is 0 Å². The molecule has 0 aliphatic heterocycles. The second-order valence-electron chi connectivity index (χ2n) is 1.78. The molecule has 2 nitrogen and oxygen atoms in total. The highest BCUT2D eigenvalue weighted by Crippen LogP contribution is 2.05. The Morgan fingerprint density at radius 1 is 1.50 bits per heavy atom. The van der Waals surface area contributed by atoms with Crippen LogP contribution in [0, 0.1) is 5.92 Å². The maximum atomic E-state index is 10.6. The third-order valence-electron chi connectivity index (χ3n) is 0.691. The molecule has 0 aliphatic carbocycles. The van der Waals surface area contributed by atoms with Crippen molar-refractivity contribution in [1.29, 1.82) is 0 Å². The summed E-state index contributed by atoms with van der Waals surface area (Å²) in [5, 5.41) is 0. The van der Waals surface area contributed by atoms with Gasteiger partial charge in [-0.2, -0.15) is 0 Å². The first-order chi connectivity index (χ1) is 3.55. The van der Waals surface area contributed by atoms with Crippen LogP contribution < -0.4 is 0 Å². The van der Waals surface area contributed by atoms with E-state index in [-0.39, 0.29) is 11.8 Å². The second kappa shape index (κ2) is 3.25. The summed E-state index contributed by atoms with van der Waals surface area (Å²) in [6.45, 7) is 3.59. The average Bonchev–Trinajstić information content (AvgIpc) is 1.64. The van der Waals surface area contributed by atoms with Crippen LogP contribution in [0.3, 0.4) is 0 Å². The fourth-order valence-corrected chi connectivity index (χ4v) is 0.693. The van der Waals surface area contributed by atoms with Crippen molar-refractivity contribution in [2.45, 2.75) is 13.8 Å². The third-order valence-corrected chi connectivity index (χ3v) is 1.09. The second-order valence-corrected chi connectivity index (χ2v) is 2.90. The predicted molar refractivity (Wildman–Crippen MR) is 39.7 cm³/mol. The lowest BCUT2D eigenvalue weighted by atomic mass is 10.2. The topological polar surface area (TPSA) is 20.3 Å². The minimum Gasteiger partial charge on any atom is -0.273 e. The normalized spacial score (nSPS) is 9.62. The van der Waals surface area contributed by atoms with Gasteiger partial charge in [-0.3, -0.25) is 4.79 Å². The number of carbonyl (C=O) groups excluding carboxylic acids is 1. The Labute approximate surface area is 60.3 Å². The van der Waals surface area contributed by atoms with Gasteiger partial charge in [-0.1, -0.05) is 39.5 Å². The van der Waals surface area contributed by atoms with Gasteiger partial charge in [-0.05, 0) is 0 Å². The van der Waals surface area contributed by atoms with Gasteiger partial charge in [0.2, 0.25) is 5.91 Å². The molecule has 0 aromatic rings. The van der Waals surface area contributed by atoms with Crippen molar-refractivity contribution in [3.8, 4) is 0 Å². The fourth-order valence-electron chi connectivity index (χ4n) is 0.231. The molecule has 0 aromatic carbocycles. The molecule has 48 valence electrons. The molecule has 0 bridgehead atoms. The van der Waals surface area contributed by atoms with Crippen LogP contribution >= 0.6 is 25.6 Å². The maximum absolute atomic E-state index is 10.6. The molecule has 1 amide bonds. The van der Waals surface area contributed by atoms with Gasteiger partial charge >= 0.3 is 0 Å². The molecule has 8 heavy (non-hydrogen) atoms. The predicted octanol–water partition coefficient (Wildman–Crippen LogP) is 1.16. The van der Waals surface area contributed by atoms with Gasteiger partial charge in [0.15, 0.2) is 0 Å². The number of rotatable bonds is 1. The molecule has 0 N–H and O–H groups in total. The molecule has 0 unspecified atom stereocenters. The van der Waals surface area contributed by atoms with Crippen LogP contribution in [0.2, 0.25) is 0 Å². The van der Waals surface area contributed by atoms with Crippen molar-refractivity contribution in [3.63, 3.8) is 0 Å². The maximum Gasteiger partial charge on any atom is 0.244 e. The van der Waals surface area contributed by atoms with E-state index in [1.807, 2.05) is 0 Å². The Bertz CT molecular complexity index is 82.0. The summed E-state index contributed by atoms with van der Waals surface area (Å²) in [5.74, 6) is -0.110. The summed E-state index contributed by atoms with van der Waals surface area (Å²) < 4.78 is 0.991. The highest BCUT2D eigenvalue weighted by Gasteiger charge is 2.09. The van der Waals surface area contributed by atoms with Gasteiger partial charge in [0.25, 0.3) is 0 Å². The molecule has 0 atom stereocenters. The van der Waals surface area contributed by atoms with E-state index in [9.17, 15) is 4.79 Å². The standard InChI is InChI=1S/C4H9NOS2/c1-3(2)4(6)5(7)8/h3,7-8H,1-2H3. The van der Waals surface area contributed by atoms with E-state index in [1.165, 1.54) is 0 Å². The van der Waals surface area contributed by atoms with Gasteiger partial charge in [0.05, 0.1) is 0 Å². The molecular formula is C4H9NOS2. The van der Waals surface area contributed by atoms with E-state index in [2.05, 4.69) is 25.6 Å². The zero-order valence-corrected chi connectivity index (χ0v) is 6.62. The molecule has 0 heterocycles. The van der Waals surface area contributed by atoms with Crippen molar-refractivity contribution in [3.05, 3.63) is 0 Å². The van der Waals surface area contributed by atoms with Gasteiger partial charge in [0, 0.05) is 5.92 Å². The van der Waals surface area contributed by atoms with Gasteiger partial charge in [-0.25, -0.2) is 3.71 Å². The largest absolute Gasteiger partial charge is 0.273 e. The van der Waals surface area contributed by atoms with Gasteiger partial charge < -0.3 is 0 Å². The van der Waals surface area contributed by atoms with E-state index in [1.54, 1.807) is 13.8 Å². The molecule has 0 aromatic heterocycles. The smallest absolute Gasteiger partial charge is 0.244 e. The summed E-state index contributed by atoms with van der Waals surface area (Å²) in [4.78, 5) is 10.6. The highest BCUT2D eigenvalue weighted by molar-refractivity contribution is 7.94. The van der Waals surface area contributed by atoms with Crippen LogP contribution in [0.15, 0.2) is 0 Å². The van der Waals surface area contributed by atoms with Gasteiger partial charge in [0.1, 0.15) is 0 Å².